The SMILES string of the molecule is O=C(COc1ccc(Cl)cc1)N/N=C\c1cccc(OC(=O)c2ccc3c(c2)OCO3)c1. The molecule has 0 fully saturated rings. The molecule has 0 saturated carbocycles. The first-order valence-electron chi connectivity index (χ1n) is 9.49. The Morgan fingerprint density at radius 1 is 1.00 bits per heavy atom. The fourth-order valence-electron chi connectivity index (χ4n) is 2.74. The number of hydrogen-bond donors (Lipinski definition) is 1. The maximum atomic E-state index is 12.4. The number of hydrogen-bond acceptors (Lipinski definition) is 7. The molecule has 0 radical (unpaired) electrons. The second kappa shape index (κ2) is 9.84. The first-order valence-corrected chi connectivity index (χ1v) is 9.87. The fourth-order valence-corrected chi connectivity index (χ4v) is 2.86. The highest BCUT2D eigenvalue weighted by Gasteiger charge is 2.17. The van der Waals surface area contributed by atoms with Gasteiger partial charge in [-0.15, -0.1) is 0 Å². The second-order valence-corrected chi connectivity index (χ2v) is 7.00. The minimum atomic E-state index is -0.537. The monoisotopic (exact) mass is 452 g/mol. The van der Waals surface area contributed by atoms with Crippen molar-refractivity contribution in [3.8, 4) is 23.0 Å². The molecule has 0 atom stereocenters. The van der Waals surface area contributed by atoms with Gasteiger partial charge in [-0.2, -0.15) is 5.10 Å². The molecule has 3 aromatic carbocycles. The van der Waals surface area contributed by atoms with Gasteiger partial charge in [-0.25, -0.2) is 10.2 Å². The third kappa shape index (κ3) is 5.55. The number of fused-ring (bicyclic) bond motifs is 1. The normalized spacial score (nSPS) is 11.9. The van der Waals surface area contributed by atoms with Gasteiger partial charge in [-0.05, 0) is 60.2 Å². The van der Waals surface area contributed by atoms with Crippen molar-refractivity contribution >= 4 is 29.7 Å². The molecule has 1 heterocycles. The van der Waals surface area contributed by atoms with Gasteiger partial charge in [-0.1, -0.05) is 23.7 Å². The van der Waals surface area contributed by atoms with Gasteiger partial charge in [0.1, 0.15) is 11.5 Å². The van der Waals surface area contributed by atoms with Crippen LogP contribution in [0.3, 0.4) is 0 Å². The summed E-state index contributed by atoms with van der Waals surface area (Å²) in [6, 6.07) is 18.2. The molecule has 9 heteroatoms. The van der Waals surface area contributed by atoms with E-state index in [1.54, 1.807) is 66.7 Å². The average Bonchev–Trinajstić information content (AvgIpc) is 3.27. The van der Waals surface area contributed by atoms with Crippen molar-refractivity contribution in [2.75, 3.05) is 13.4 Å². The molecule has 0 spiro atoms. The Morgan fingerprint density at radius 3 is 2.66 bits per heavy atom. The van der Waals surface area contributed by atoms with E-state index in [1.807, 2.05) is 0 Å². The van der Waals surface area contributed by atoms with E-state index in [0.717, 1.165) is 0 Å². The number of carbonyl (C=O) groups excluding carboxylic acids is 2. The lowest BCUT2D eigenvalue weighted by Gasteiger charge is -2.06. The molecule has 32 heavy (non-hydrogen) atoms. The Morgan fingerprint density at radius 2 is 1.81 bits per heavy atom. The highest BCUT2D eigenvalue weighted by molar-refractivity contribution is 6.30. The maximum absolute atomic E-state index is 12.4. The van der Waals surface area contributed by atoms with Crippen molar-refractivity contribution in [1.82, 2.24) is 5.43 Å². The summed E-state index contributed by atoms with van der Waals surface area (Å²) < 4.78 is 21.3. The number of nitrogens with zero attached hydrogens (tertiary/aromatic N) is 1. The summed E-state index contributed by atoms with van der Waals surface area (Å²) >= 11 is 5.80. The Bertz CT molecular complexity index is 1160. The summed E-state index contributed by atoms with van der Waals surface area (Å²) in [4.78, 5) is 24.3. The van der Waals surface area contributed by atoms with Gasteiger partial charge in [0.2, 0.25) is 6.79 Å². The first kappa shape index (κ1) is 21.2. The van der Waals surface area contributed by atoms with Gasteiger partial charge in [0.15, 0.2) is 18.1 Å². The van der Waals surface area contributed by atoms with Gasteiger partial charge in [-0.3, -0.25) is 4.79 Å². The summed E-state index contributed by atoms with van der Waals surface area (Å²) in [6.45, 7) is -0.0782. The van der Waals surface area contributed by atoms with Crippen molar-refractivity contribution in [2.45, 2.75) is 0 Å². The van der Waals surface area contributed by atoms with Crippen LogP contribution in [0.2, 0.25) is 5.02 Å². The van der Waals surface area contributed by atoms with Crippen LogP contribution in [0.5, 0.6) is 23.0 Å². The van der Waals surface area contributed by atoms with Crippen molar-refractivity contribution in [3.05, 3.63) is 82.9 Å². The van der Waals surface area contributed by atoms with Crippen molar-refractivity contribution in [2.24, 2.45) is 5.10 Å². The van der Waals surface area contributed by atoms with Gasteiger partial charge in [0, 0.05) is 5.02 Å². The minimum Gasteiger partial charge on any atom is -0.484 e. The van der Waals surface area contributed by atoms with E-state index < -0.39 is 11.9 Å². The third-order valence-electron chi connectivity index (χ3n) is 4.26. The number of amides is 1. The Labute approximate surface area is 188 Å². The summed E-state index contributed by atoms with van der Waals surface area (Å²) in [6.07, 6.45) is 1.43. The number of carbonyl (C=O) groups is 2. The lowest BCUT2D eigenvalue weighted by atomic mass is 10.2. The molecule has 1 aliphatic rings. The standard InChI is InChI=1S/C23H17ClN2O6/c24-17-5-7-18(8-6-17)29-13-22(27)26-25-12-15-2-1-3-19(10-15)32-23(28)16-4-9-20-21(11-16)31-14-30-20/h1-12H,13-14H2,(H,26,27)/b25-12-. The lowest BCUT2D eigenvalue weighted by Crippen LogP contribution is -2.24. The van der Waals surface area contributed by atoms with E-state index in [9.17, 15) is 9.59 Å². The van der Waals surface area contributed by atoms with Crippen LogP contribution in [0.15, 0.2) is 71.8 Å². The van der Waals surface area contributed by atoms with Crippen LogP contribution in [0.4, 0.5) is 0 Å². The Hall–Kier alpha value is -4.04. The van der Waals surface area contributed by atoms with Crippen molar-refractivity contribution < 1.29 is 28.5 Å². The van der Waals surface area contributed by atoms with Crippen LogP contribution in [0.1, 0.15) is 15.9 Å². The van der Waals surface area contributed by atoms with E-state index in [0.29, 0.717) is 39.1 Å². The summed E-state index contributed by atoms with van der Waals surface area (Å²) in [5.74, 6) is 0.961. The van der Waals surface area contributed by atoms with E-state index in [2.05, 4.69) is 10.5 Å². The van der Waals surface area contributed by atoms with Crippen molar-refractivity contribution in [3.63, 3.8) is 0 Å². The fraction of sp³-hybridized carbons (Fsp3) is 0.0870. The Kier molecular flexibility index (Phi) is 6.52. The number of hydrazone groups is 1. The van der Waals surface area contributed by atoms with Crippen LogP contribution in [0, 0.1) is 0 Å². The predicted molar refractivity (Wildman–Crippen MR) is 117 cm³/mol. The third-order valence-corrected chi connectivity index (χ3v) is 4.52. The zero-order chi connectivity index (χ0) is 22.3. The molecular formula is C23H17ClN2O6. The number of esters is 1. The highest BCUT2D eigenvalue weighted by Crippen LogP contribution is 2.32. The zero-order valence-corrected chi connectivity index (χ0v) is 17.4. The van der Waals surface area contributed by atoms with Crippen LogP contribution in [-0.4, -0.2) is 31.5 Å². The molecule has 4 rings (SSSR count). The van der Waals surface area contributed by atoms with E-state index >= 15 is 0 Å². The molecule has 0 aliphatic carbocycles. The van der Waals surface area contributed by atoms with Crippen LogP contribution in [0.25, 0.3) is 0 Å². The van der Waals surface area contributed by atoms with E-state index in [1.165, 1.54) is 6.21 Å². The summed E-state index contributed by atoms with van der Waals surface area (Å²) in [5.41, 5.74) is 3.33. The molecule has 8 nitrogen and oxygen atoms in total. The quantitative estimate of drug-likeness (QED) is 0.253. The van der Waals surface area contributed by atoms with E-state index in [-0.39, 0.29) is 13.4 Å². The minimum absolute atomic E-state index is 0.124. The van der Waals surface area contributed by atoms with Gasteiger partial charge >= 0.3 is 5.97 Å². The number of halogens is 1. The molecular weight excluding hydrogens is 436 g/mol. The summed E-state index contributed by atoms with van der Waals surface area (Å²) in [7, 11) is 0. The topological polar surface area (TPSA) is 95.5 Å². The molecule has 1 amide bonds. The van der Waals surface area contributed by atoms with Crippen molar-refractivity contribution in [1.29, 1.82) is 0 Å². The molecule has 1 aliphatic heterocycles. The lowest BCUT2D eigenvalue weighted by molar-refractivity contribution is -0.123. The van der Waals surface area contributed by atoms with Crippen LogP contribution in [-0.2, 0) is 4.79 Å². The zero-order valence-electron chi connectivity index (χ0n) is 16.6. The number of rotatable bonds is 7. The molecule has 0 bridgehead atoms. The molecule has 0 aromatic heterocycles. The van der Waals surface area contributed by atoms with E-state index in [4.69, 9.17) is 30.5 Å². The van der Waals surface area contributed by atoms with Crippen LogP contribution >= 0.6 is 11.6 Å². The summed E-state index contributed by atoms with van der Waals surface area (Å²) in [5, 5.41) is 4.47. The smallest absolute Gasteiger partial charge is 0.343 e. The highest BCUT2D eigenvalue weighted by atomic mass is 35.5. The number of benzene rings is 3. The molecule has 162 valence electrons. The molecule has 0 saturated heterocycles. The molecule has 1 N–H and O–H groups in total. The van der Waals surface area contributed by atoms with Gasteiger partial charge in [0.05, 0.1) is 11.8 Å². The molecule has 3 aromatic rings. The number of nitrogens with one attached hydrogen (secondary N) is 1. The number of ether oxygens (including phenoxy) is 4. The molecule has 0 unspecified atom stereocenters. The Balaban J connectivity index is 1.29. The largest absolute Gasteiger partial charge is 0.484 e. The maximum Gasteiger partial charge on any atom is 0.343 e. The average molecular weight is 453 g/mol. The second-order valence-electron chi connectivity index (χ2n) is 6.57. The van der Waals surface area contributed by atoms with Gasteiger partial charge < -0.3 is 18.9 Å². The first-order chi connectivity index (χ1) is 15.6. The van der Waals surface area contributed by atoms with Gasteiger partial charge in [0.25, 0.3) is 5.91 Å². The predicted octanol–water partition coefficient (Wildman–Crippen LogP) is 3.82. The van der Waals surface area contributed by atoms with Crippen LogP contribution < -0.4 is 24.4 Å².